The van der Waals surface area contributed by atoms with Crippen molar-refractivity contribution < 1.29 is 13.9 Å². The van der Waals surface area contributed by atoms with Gasteiger partial charge in [-0.2, -0.15) is 0 Å². The molecule has 13 heavy (non-hydrogen) atoms. The van der Waals surface area contributed by atoms with E-state index in [0.29, 0.717) is 5.69 Å². The van der Waals surface area contributed by atoms with E-state index in [4.69, 9.17) is 5.73 Å². The van der Waals surface area contributed by atoms with Crippen molar-refractivity contribution in [1.82, 2.24) is 4.98 Å². The fourth-order valence-electron chi connectivity index (χ4n) is 0.836. The normalized spacial score (nSPS) is 9.77. The molecule has 0 unspecified atom stereocenters. The number of hydrogen-bond donors (Lipinski definition) is 1. The van der Waals surface area contributed by atoms with Crippen molar-refractivity contribution in [3.05, 3.63) is 29.3 Å². The summed E-state index contributed by atoms with van der Waals surface area (Å²) in [4.78, 5) is 14.6. The van der Waals surface area contributed by atoms with Gasteiger partial charge in [-0.25, -0.2) is 14.2 Å². The average Bonchev–Trinajstić information content (AvgIpc) is 2.17. The van der Waals surface area contributed by atoms with E-state index in [1.54, 1.807) is 0 Å². The van der Waals surface area contributed by atoms with Gasteiger partial charge < -0.3 is 10.5 Å². The Morgan fingerprint density at radius 1 is 1.69 bits per heavy atom. The zero-order chi connectivity index (χ0) is 9.84. The molecule has 4 nitrogen and oxygen atoms in total. The van der Waals surface area contributed by atoms with Crippen molar-refractivity contribution in [3.8, 4) is 0 Å². The Hall–Kier alpha value is -1.49. The number of aromatic nitrogens is 1. The lowest BCUT2D eigenvalue weighted by molar-refractivity contribution is 0.0588. The minimum atomic E-state index is -0.798. The van der Waals surface area contributed by atoms with Crippen LogP contribution in [0.3, 0.4) is 0 Å². The quantitative estimate of drug-likeness (QED) is 0.678. The van der Waals surface area contributed by atoms with Gasteiger partial charge >= 0.3 is 5.97 Å². The van der Waals surface area contributed by atoms with Crippen molar-refractivity contribution in [3.63, 3.8) is 0 Å². The molecule has 5 heteroatoms. The van der Waals surface area contributed by atoms with E-state index in [2.05, 4.69) is 9.72 Å². The molecule has 0 fully saturated rings. The Kier molecular flexibility index (Phi) is 2.92. The number of methoxy groups -OCH3 is 1. The van der Waals surface area contributed by atoms with Crippen molar-refractivity contribution in [1.29, 1.82) is 0 Å². The van der Waals surface area contributed by atoms with Crippen LogP contribution in [0.15, 0.2) is 12.1 Å². The molecule has 1 aromatic rings. The van der Waals surface area contributed by atoms with Gasteiger partial charge in [-0.1, -0.05) is 0 Å². The third-order valence-corrected chi connectivity index (χ3v) is 1.49. The first kappa shape index (κ1) is 9.60. The summed E-state index contributed by atoms with van der Waals surface area (Å²) in [6.07, 6.45) is 0. The van der Waals surface area contributed by atoms with E-state index in [1.165, 1.54) is 13.2 Å². The maximum atomic E-state index is 12.9. The maximum Gasteiger partial charge on any atom is 0.359 e. The third kappa shape index (κ3) is 2.00. The molecule has 0 saturated carbocycles. The van der Waals surface area contributed by atoms with Crippen molar-refractivity contribution in [2.45, 2.75) is 6.54 Å². The van der Waals surface area contributed by atoms with Crippen LogP contribution in [0.25, 0.3) is 0 Å². The first-order valence-electron chi connectivity index (χ1n) is 3.63. The number of pyridine rings is 1. The Bertz CT molecular complexity index is 328. The highest BCUT2D eigenvalue weighted by Gasteiger charge is 2.13. The largest absolute Gasteiger partial charge is 0.464 e. The summed E-state index contributed by atoms with van der Waals surface area (Å²) in [5.74, 6) is -1.50. The second-order valence-electron chi connectivity index (χ2n) is 2.33. The smallest absolute Gasteiger partial charge is 0.359 e. The summed E-state index contributed by atoms with van der Waals surface area (Å²) in [6.45, 7) is 0.157. The molecule has 0 aromatic carbocycles. The van der Waals surface area contributed by atoms with Gasteiger partial charge in [0.25, 0.3) is 0 Å². The molecule has 0 spiro atoms. The van der Waals surface area contributed by atoms with E-state index in [1.807, 2.05) is 0 Å². The van der Waals surface area contributed by atoms with Crippen LogP contribution in [0.1, 0.15) is 16.2 Å². The first-order valence-corrected chi connectivity index (χ1v) is 3.63. The molecular formula is C8H9FN2O2. The van der Waals surface area contributed by atoms with Crippen LogP contribution in [0, 0.1) is 5.82 Å². The summed E-state index contributed by atoms with van der Waals surface area (Å²) in [7, 11) is 1.17. The third-order valence-electron chi connectivity index (χ3n) is 1.49. The number of nitrogens with zero attached hydrogens (tertiary/aromatic N) is 1. The number of nitrogens with two attached hydrogens (primary N) is 1. The van der Waals surface area contributed by atoms with E-state index in [9.17, 15) is 9.18 Å². The highest BCUT2D eigenvalue weighted by Crippen LogP contribution is 2.06. The van der Waals surface area contributed by atoms with Gasteiger partial charge in [0, 0.05) is 6.54 Å². The standard InChI is InChI=1S/C8H9FN2O2/c1-13-8(12)7-6(9)3-2-5(4-10)11-7/h2-3H,4,10H2,1H3. The Morgan fingerprint density at radius 2 is 2.38 bits per heavy atom. The maximum absolute atomic E-state index is 12.9. The molecule has 1 aromatic heterocycles. The van der Waals surface area contributed by atoms with Crippen LogP contribution in [0.2, 0.25) is 0 Å². The Balaban J connectivity index is 3.11. The van der Waals surface area contributed by atoms with Crippen LogP contribution < -0.4 is 5.73 Å². The van der Waals surface area contributed by atoms with Crippen LogP contribution in [0.5, 0.6) is 0 Å². The molecule has 0 bridgehead atoms. The molecule has 0 saturated heterocycles. The zero-order valence-electron chi connectivity index (χ0n) is 7.08. The van der Waals surface area contributed by atoms with E-state index in [0.717, 1.165) is 6.07 Å². The molecule has 1 heterocycles. The second kappa shape index (κ2) is 3.95. The first-order chi connectivity index (χ1) is 6.19. The number of carbonyl (C=O) groups excluding carboxylic acids is 1. The lowest BCUT2D eigenvalue weighted by Crippen LogP contribution is -2.10. The summed E-state index contributed by atoms with van der Waals surface area (Å²) in [6, 6.07) is 2.56. The van der Waals surface area contributed by atoms with Crippen molar-refractivity contribution in [2.75, 3.05) is 7.11 Å². The summed E-state index contributed by atoms with van der Waals surface area (Å²) in [5.41, 5.74) is 5.39. The monoisotopic (exact) mass is 184 g/mol. The molecule has 0 amide bonds. The molecule has 0 atom stereocenters. The molecule has 0 aliphatic carbocycles. The van der Waals surface area contributed by atoms with Gasteiger partial charge in [-0.15, -0.1) is 0 Å². The van der Waals surface area contributed by atoms with Crippen LogP contribution >= 0.6 is 0 Å². The molecule has 1 rings (SSSR count). The zero-order valence-corrected chi connectivity index (χ0v) is 7.08. The Morgan fingerprint density at radius 3 is 2.92 bits per heavy atom. The average molecular weight is 184 g/mol. The van der Waals surface area contributed by atoms with E-state index in [-0.39, 0.29) is 12.2 Å². The van der Waals surface area contributed by atoms with Crippen LogP contribution in [0.4, 0.5) is 4.39 Å². The number of carbonyl (C=O) groups is 1. The SMILES string of the molecule is COC(=O)c1nc(CN)ccc1F. The molecule has 0 aliphatic rings. The summed E-state index contributed by atoms with van der Waals surface area (Å²) >= 11 is 0. The fourth-order valence-corrected chi connectivity index (χ4v) is 0.836. The number of hydrogen-bond acceptors (Lipinski definition) is 4. The van der Waals surface area contributed by atoms with Crippen LogP contribution in [-0.2, 0) is 11.3 Å². The lowest BCUT2D eigenvalue weighted by Gasteiger charge is -2.01. The molecule has 0 aliphatic heterocycles. The van der Waals surface area contributed by atoms with E-state index >= 15 is 0 Å². The number of halogens is 1. The lowest BCUT2D eigenvalue weighted by atomic mass is 10.3. The van der Waals surface area contributed by atoms with Gasteiger partial charge in [0.15, 0.2) is 11.5 Å². The topological polar surface area (TPSA) is 65.2 Å². The Labute approximate surface area is 74.5 Å². The number of rotatable bonds is 2. The fraction of sp³-hybridized carbons (Fsp3) is 0.250. The van der Waals surface area contributed by atoms with Gasteiger partial charge in [-0.3, -0.25) is 0 Å². The van der Waals surface area contributed by atoms with Crippen molar-refractivity contribution in [2.24, 2.45) is 5.73 Å². The second-order valence-corrected chi connectivity index (χ2v) is 2.33. The number of esters is 1. The molecule has 0 radical (unpaired) electrons. The summed E-state index contributed by atoms with van der Waals surface area (Å²) in [5, 5.41) is 0. The molecule has 70 valence electrons. The molecule has 2 N–H and O–H groups in total. The van der Waals surface area contributed by atoms with Gasteiger partial charge in [0.1, 0.15) is 0 Å². The van der Waals surface area contributed by atoms with Gasteiger partial charge in [-0.05, 0) is 12.1 Å². The van der Waals surface area contributed by atoms with Gasteiger partial charge in [0.2, 0.25) is 0 Å². The number of ether oxygens (including phenoxy) is 1. The van der Waals surface area contributed by atoms with E-state index < -0.39 is 11.8 Å². The minimum absolute atomic E-state index is 0.157. The van der Waals surface area contributed by atoms with Gasteiger partial charge in [0.05, 0.1) is 12.8 Å². The van der Waals surface area contributed by atoms with Crippen LogP contribution in [-0.4, -0.2) is 18.1 Å². The summed E-state index contributed by atoms with van der Waals surface area (Å²) < 4.78 is 17.3. The predicted molar refractivity (Wildman–Crippen MR) is 43.4 cm³/mol. The highest BCUT2D eigenvalue weighted by molar-refractivity contribution is 5.87. The highest BCUT2D eigenvalue weighted by atomic mass is 19.1. The van der Waals surface area contributed by atoms with Crippen molar-refractivity contribution >= 4 is 5.97 Å². The molecular weight excluding hydrogens is 175 g/mol. The minimum Gasteiger partial charge on any atom is -0.464 e. The predicted octanol–water partition coefficient (Wildman–Crippen LogP) is 0.466.